The molecule has 0 radical (unpaired) electrons. The molecule has 2 rings (SSSR count). The van der Waals surface area contributed by atoms with Crippen LogP contribution < -0.4 is 10.6 Å². The van der Waals surface area contributed by atoms with Gasteiger partial charge in [-0.1, -0.05) is 35.9 Å². The first-order valence-corrected chi connectivity index (χ1v) is 11.8. The molecule has 5 nitrogen and oxygen atoms in total. The van der Waals surface area contributed by atoms with Crippen molar-refractivity contribution < 1.29 is 9.53 Å². The average molecular weight is 440 g/mol. The minimum atomic E-state index is -0.477. The lowest BCUT2D eigenvalue weighted by Crippen LogP contribution is -2.37. The molecule has 0 aliphatic heterocycles. The molecule has 1 aromatic rings. The number of benzene rings is 1. The molecule has 0 spiro atoms. The van der Waals surface area contributed by atoms with E-state index < -0.39 is 5.60 Å². The minimum absolute atomic E-state index is 0.220. The van der Waals surface area contributed by atoms with Gasteiger partial charge in [0.1, 0.15) is 5.60 Å². The van der Waals surface area contributed by atoms with E-state index in [0.29, 0.717) is 12.6 Å². The number of allylic oxidation sites excluding steroid dienone is 3. The summed E-state index contributed by atoms with van der Waals surface area (Å²) >= 11 is 0. The Morgan fingerprint density at radius 3 is 2.75 bits per heavy atom. The van der Waals surface area contributed by atoms with Gasteiger partial charge in [0.2, 0.25) is 0 Å². The largest absolute Gasteiger partial charge is 0.444 e. The van der Waals surface area contributed by atoms with Gasteiger partial charge in [-0.2, -0.15) is 0 Å². The lowest BCUT2D eigenvalue weighted by atomic mass is 10.1. The van der Waals surface area contributed by atoms with Crippen LogP contribution in [-0.4, -0.2) is 35.7 Å². The summed E-state index contributed by atoms with van der Waals surface area (Å²) in [6.45, 7) is 14.0. The number of ether oxygens (including phenoxy) is 1. The van der Waals surface area contributed by atoms with Gasteiger partial charge in [-0.15, -0.1) is 6.58 Å². The van der Waals surface area contributed by atoms with Crippen molar-refractivity contribution in [3.05, 3.63) is 66.4 Å². The van der Waals surface area contributed by atoms with Crippen LogP contribution in [0.25, 0.3) is 0 Å². The molecule has 1 saturated carbocycles. The number of amides is 1. The molecule has 1 fully saturated rings. The number of hydrogen-bond donors (Lipinski definition) is 2. The highest BCUT2D eigenvalue weighted by Gasteiger charge is 2.35. The summed E-state index contributed by atoms with van der Waals surface area (Å²) in [5.41, 5.74) is 3.09. The zero-order valence-corrected chi connectivity index (χ0v) is 20.3. The second kappa shape index (κ2) is 13.0. The van der Waals surface area contributed by atoms with E-state index in [1.165, 1.54) is 5.57 Å². The molecule has 1 aromatic carbocycles. The number of anilines is 1. The van der Waals surface area contributed by atoms with Crippen molar-refractivity contribution in [2.45, 2.75) is 78.0 Å². The Morgan fingerprint density at radius 2 is 2.09 bits per heavy atom. The summed E-state index contributed by atoms with van der Waals surface area (Å²) < 4.78 is 5.62. The zero-order valence-electron chi connectivity index (χ0n) is 20.3. The third-order valence-corrected chi connectivity index (χ3v) is 5.08. The number of rotatable bonds is 13. The van der Waals surface area contributed by atoms with Crippen LogP contribution in [0.5, 0.6) is 0 Å². The summed E-state index contributed by atoms with van der Waals surface area (Å²) in [6, 6.07) is 8.65. The third kappa shape index (κ3) is 10.1. The van der Waals surface area contributed by atoms with Gasteiger partial charge in [0.05, 0.1) is 0 Å². The highest BCUT2D eigenvalue weighted by molar-refractivity contribution is 5.69. The fourth-order valence-electron chi connectivity index (χ4n) is 3.38. The van der Waals surface area contributed by atoms with Crippen molar-refractivity contribution in [2.24, 2.45) is 0 Å². The number of carbonyl (C=O) groups is 1. The fourth-order valence-corrected chi connectivity index (χ4v) is 3.38. The van der Waals surface area contributed by atoms with Crippen LogP contribution >= 0.6 is 0 Å². The van der Waals surface area contributed by atoms with Crippen molar-refractivity contribution in [2.75, 3.05) is 18.4 Å². The van der Waals surface area contributed by atoms with Crippen molar-refractivity contribution in [3.8, 4) is 0 Å². The van der Waals surface area contributed by atoms with Gasteiger partial charge in [-0.25, -0.2) is 4.79 Å². The molecular formula is C27H41N3O2. The maximum atomic E-state index is 12.6. The van der Waals surface area contributed by atoms with E-state index >= 15 is 0 Å². The molecule has 0 atom stereocenters. The quantitative estimate of drug-likeness (QED) is 0.276. The molecular weight excluding hydrogens is 398 g/mol. The van der Waals surface area contributed by atoms with Gasteiger partial charge in [-0.3, -0.25) is 0 Å². The third-order valence-electron chi connectivity index (χ3n) is 5.08. The van der Waals surface area contributed by atoms with Crippen molar-refractivity contribution in [1.29, 1.82) is 0 Å². The summed E-state index contributed by atoms with van der Waals surface area (Å²) in [5, 5.41) is 6.86. The molecule has 0 bridgehead atoms. The molecule has 0 unspecified atom stereocenters. The van der Waals surface area contributed by atoms with E-state index in [1.807, 2.05) is 50.8 Å². The van der Waals surface area contributed by atoms with Gasteiger partial charge < -0.3 is 20.3 Å². The molecule has 0 saturated heterocycles. The smallest absolute Gasteiger partial charge is 0.410 e. The van der Waals surface area contributed by atoms with E-state index in [-0.39, 0.29) is 6.09 Å². The van der Waals surface area contributed by atoms with Gasteiger partial charge in [0.25, 0.3) is 0 Å². The molecule has 32 heavy (non-hydrogen) atoms. The summed E-state index contributed by atoms with van der Waals surface area (Å²) in [6.07, 6.45) is 13.1. The fraction of sp³-hybridized carbons (Fsp3) is 0.519. The molecule has 0 heterocycles. The Kier molecular flexibility index (Phi) is 10.4. The summed E-state index contributed by atoms with van der Waals surface area (Å²) in [7, 11) is 0. The minimum Gasteiger partial charge on any atom is -0.444 e. The van der Waals surface area contributed by atoms with Crippen molar-refractivity contribution in [1.82, 2.24) is 10.2 Å². The lowest BCUT2D eigenvalue weighted by Gasteiger charge is -2.27. The second-order valence-corrected chi connectivity index (χ2v) is 9.34. The van der Waals surface area contributed by atoms with Crippen LogP contribution in [0.3, 0.4) is 0 Å². The topological polar surface area (TPSA) is 53.6 Å². The molecule has 5 heteroatoms. The molecule has 1 amide bonds. The van der Waals surface area contributed by atoms with Gasteiger partial charge in [0, 0.05) is 31.4 Å². The molecule has 0 aromatic heterocycles. The summed E-state index contributed by atoms with van der Waals surface area (Å²) in [4.78, 5) is 14.5. The lowest BCUT2D eigenvalue weighted by molar-refractivity contribution is 0.0216. The average Bonchev–Trinajstić information content (AvgIpc) is 3.56. The zero-order chi connectivity index (χ0) is 23.4. The van der Waals surface area contributed by atoms with Crippen molar-refractivity contribution in [3.63, 3.8) is 0 Å². The van der Waals surface area contributed by atoms with E-state index in [9.17, 15) is 4.79 Å². The SMILES string of the molecule is C=CC/C(=C\NC/C=C\C)CCCNc1cccc(CN(C(=O)OC(C)(C)C)C2CC2)c1. The highest BCUT2D eigenvalue weighted by Crippen LogP contribution is 2.30. The van der Waals surface area contributed by atoms with Crippen molar-refractivity contribution >= 4 is 11.8 Å². The summed E-state index contributed by atoms with van der Waals surface area (Å²) in [5.74, 6) is 0. The maximum Gasteiger partial charge on any atom is 0.410 e. The van der Waals surface area contributed by atoms with Gasteiger partial charge >= 0.3 is 6.09 Å². The monoisotopic (exact) mass is 439 g/mol. The standard InChI is InChI=1S/C27H41N3O2/c1-6-8-17-28-20-22(11-7-2)13-10-18-29-24-14-9-12-23(19-24)21-30(25-15-16-25)26(31)32-27(3,4)5/h6-9,12,14,19-20,25,28-29H,2,10-11,13,15-18,21H2,1,3-5H3/b8-6-,22-20+. The van der Waals surface area contributed by atoms with E-state index in [4.69, 9.17) is 4.74 Å². The predicted octanol–water partition coefficient (Wildman–Crippen LogP) is 6.40. The Hall–Kier alpha value is -2.69. The Bertz CT molecular complexity index is 788. The number of hydrogen-bond acceptors (Lipinski definition) is 4. The number of nitrogens with zero attached hydrogens (tertiary/aromatic N) is 1. The predicted molar refractivity (Wildman–Crippen MR) is 135 cm³/mol. The van der Waals surface area contributed by atoms with Crippen LogP contribution in [0.1, 0.15) is 65.4 Å². The first-order chi connectivity index (χ1) is 15.3. The van der Waals surface area contributed by atoms with Crippen LogP contribution in [-0.2, 0) is 11.3 Å². The van der Waals surface area contributed by atoms with E-state index in [2.05, 4.69) is 47.7 Å². The Labute approximate surface area is 194 Å². The van der Waals surface area contributed by atoms with E-state index in [0.717, 1.165) is 56.4 Å². The molecule has 176 valence electrons. The normalized spacial score (nSPS) is 14.3. The number of nitrogens with one attached hydrogen (secondary N) is 2. The Morgan fingerprint density at radius 1 is 1.31 bits per heavy atom. The van der Waals surface area contributed by atoms with E-state index in [1.54, 1.807) is 0 Å². The van der Waals surface area contributed by atoms with Crippen LogP contribution in [0.15, 0.2) is 60.8 Å². The molecule has 1 aliphatic carbocycles. The maximum absolute atomic E-state index is 12.6. The van der Waals surface area contributed by atoms with Gasteiger partial charge in [0.15, 0.2) is 0 Å². The first-order valence-electron chi connectivity index (χ1n) is 11.8. The second-order valence-electron chi connectivity index (χ2n) is 9.34. The van der Waals surface area contributed by atoms with Crippen LogP contribution in [0, 0.1) is 0 Å². The first kappa shape index (κ1) is 25.6. The van der Waals surface area contributed by atoms with Gasteiger partial charge in [-0.05, 0) is 83.7 Å². The molecule has 2 N–H and O–H groups in total. The molecule has 1 aliphatic rings. The van der Waals surface area contributed by atoms with Crippen LogP contribution in [0.2, 0.25) is 0 Å². The Balaban J connectivity index is 1.85. The van der Waals surface area contributed by atoms with Crippen LogP contribution in [0.4, 0.5) is 10.5 Å². The highest BCUT2D eigenvalue weighted by atomic mass is 16.6. The number of carbonyl (C=O) groups excluding carboxylic acids is 1.